The molecule has 3 N–H and O–H groups in total. The molecule has 0 aliphatic heterocycles. The number of nitrogens with two attached hydrogens (primary N) is 1. The third kappa shape index (κ3) is 3.40. The van der Waals surface area contributed by atoms with Gasteiger partial charge in [0.15, 0.2) is 0 Å². The van der Waals surface area contributed by atoms with Gasteiger partial charge in [-0.15, -0.1) is 0 Å². The molecular weight excluding hydrogens is 290 g/mol. The Hall–Kier alpha value is -2.04. The second-order valence-corrected chi connectivity index (χ2v) is 6.11. The van der Waals surface area contributed by atoms with E-state index in [1.807, 2.05) is 18.3 Å². The van der Waals surface area contributed by atoms with Gasteiger partial charge in [-0.05, 0) is 37.2 Å². The first-order valence-corrected chi connectivity index (χ1v) is 8.25. The fraction of sp³-hybridized carbons (Fsp3) is 0.167. The van der Waals surface area contributed by atoms with Crippen LogP contribution in [-0.4, -0.2) is 18.1 Å². The minimum absolute atomic E-state index is 0.700. The lowest BCUT2D eigenvalue weighted by Gasteiger charge is -2.11. The van der Waals surface area contributed by atoms with Crippen LogP contribution in [0.1, 0.15) is 6.42 Å². The summed E-state index contributed by atoms with van der Waals surface area (Å²) in [5.74, 6) is 0. The number of para-hydroxylation sites is 1. The van der Waals surface area contributed by atoms with Crippen LogP contribution in [0.3, 0.4) is 0 Å². The van der Waals surface area contributed by atoms with Gasteiger partial charge in [0.05, 0.1) is 5.52 Å². The van der Waals surface area contributed by atoms with Crippen LogP contribution in [0.4, 0.5) is 5.69 Å². The number of anilines is 1. The molecule has 0 atom stereocenters. The van der Waals surface area contributed by atoms with E-state index in [-0.39, 0.29) is 0 Å². The van der Waals surface area contributed by atoms with E-state index in [2.05, 4.69) is 52.8 Å². The third-order valence-corrected chi connectivity index (χ3v) is 4.46. The normalized spacial score (nSPS) is 10.8. The molecule has 3 rings (SSSR count). The van der Waals surface area contributed by atoms with Crippen molar-refractivity contribution >= 4 is 28.4 Å². The van der Waals surface area contributed by atoms with Crippen LogP contribution < -0.4 is 11.1 Å². The molecule has 0 saturated heterocycles. The maximum atomic E-state index is 5.56. The second kappa shape index (κ2) is 7.29. The number of rotatable bonds is 6. The van der Waals surface area contributed by atoms with Gasteiger partial charge in [-0.2, -0.15) is 0 Å². The van der Waals surface area contributed by atoms with Crippen molar-refractivity contribution < 1.29 is 0 Å². The van der Waals surface area contributed by atoms with Crippen molar-refractivity contribution in [1.29, 1.82) is 0 Å². The Kier molecular flexibility index (Phi) is 4.93. The molecule has 1 aromatic heterocycles. The number of hydrogen-bond donors (Lipinski definition) is 2. The zero-order valence-electron chi connectivity index (χ0n) is 12.3. The highest BCUT2D eigenvalue weighted by molar-refractivity contribution is 7.99. The van der Waals surface area contributed by atoms with E-state index < -0.39 is 0 Å². The van der Waals surface area contributed by atoms with Crippen LogP contribution in [-0.2, 0) is 0 Å². The van der Waals surface area contributed by atoms with Crippen LogP contribution in [0, 0.1) is 0 Å². The SMILES string of the molecule is NCCCNc1ccnc2c(Sc3ccccc3)cccc12. The predicted molar refractivity (Wildman–Crippen MR) is 94.5 cm³/mol. The van der Waals surface area contributed by atoms with Crippen LogP contribution in [0.25, 0.3) is 10.9 Å². The van der Waals surface area contributed by atoms with E-state index in [0.29, 0.717) is 6.54 Å². The molecule has 2 aromatic carbocycles. The molecule has 0 aliphatic carbocycles. The number of hydrogen-bond acceptors (Lipinski definition) is 4. The summed E-state index contributed by atoms with van der Waals surface area (Å²) in [7, 11) is 0. The van der Waals surface area contributed by atoms with Gasteiger partial charge >= 0.3 is 0 Å². The first kappa shape index (κ1) is 14.9. The lowest BCUT2D eigenvalue weighted by Crippen LogP contribution is -2.08. The van der Waals surface area contributed by atoms with Crippen LogP contribution >= 0.6 is 11.8 Å². The summed E-state index contributed by atoms with van der Waals surface area (Å²) in [6.45, 7) is 1.58. The topological polar surface area (TPSA) is 50.9 Å². The Morgan fingerprint density at radius 3 is 2.68 bits per heavy atom. The number of aromatic nitrogens is 1. The van der Waals surface area contributed by atoms with Gasteiger partial charge in [0.2, 0.25) is 0 Å². The van der Waals surface area contributed by atoms with Crippen molar-refractivity contribution in [2.75, 3.05) is 18.4 Å². The fourth-order valence-corrected chi connectivity index (χ4v) is 3.28. The maximum absolute atomic E-state index is 5.56. The predicted octanol–water partition coefficient (Wildman–Crippen LogP) is 4.15. The monoisotopic (exact) mass is 309 g/mol. The smallest absolute Gasteiger partial charge is 0.0862 e. The molecule has 0 bridgehead atoms. The lowest BCUT2D eigenvalue weighted by atomic mass is 10.2. The third-order valence-electron chi connectivity index (χ3n) is 3.40. The molecule has 0 amide bonds. The van der Waals surface area contributed by atoms with Gasteiger partial charge < -0.3 is 11.1 Å². The summed E-state index contributed by atoms with van der Waals surface area (Å²) in [6, 6.07) is 18.7. The molecule has 3 nitrogen and oxygen atoms in total. The number of pyridine rings is 1. The molecular formula is C18H19N3S. The number of benzene rings is 2. The Balaban J connectivity index is 1.93. The summed E-state index contributed by atoms with van der Waals surface area (Å²) >= 11 is 1.74. The molecule has 4 heteroatoms. The molecule has 112 valence electrons. The van der Waals surface area contributed by atoms with Crippen molar-refractivity contribution in [3.05, 3.63) is 60.8 Å². The van der Waals surface area contributed by atoms with Gasteiger partial charge in [-0.1, -0.05) is 42.1 Å². The zero-order valence-corrected chi connectivity index (χ0v) is 13.1. The Morgan fingerprint density at radius 1 is 1.00 bits per heavy atom. The highest BCUT2D eigenvalue weighted by Crippen LogP contribution is 2.34. The van der Waals surface area contributed by atoms with Crippen LogP contribution in [0.5, 0.6) is 0 Å². The molecule has 22 heavy (non-hydrogen) atoms. The zero-order chi connectivity index (χ0) is 15.2. The van der Waals surface area contributed by atoms with Gasteiger partial charge in [-0.25, -0.2) is 0 Å². The quantitative estimate of drug-likeness (QED) is 0.672. The van der Waals surface area contributed by atoms with Crippen molar-refractivity contribution in [1.82, 2.24) is 4.98 Å². The standard InChI is InChI=1S/C18H19N3S/c19-11-5-12-20-16-10-13-21-18-15(16)8-4-9-17(18)22-14-6-2-1-3-7-14/h1-4,6-10,13H,5,11-12,19H2,(H,20,21). The molecule has 0 saturated carbocycles. The molecule has 0 radical (unpaired) electrons. The van der Waals surface area contributed by atoms with E-state index >= 15 is 0 Å². The lowest BCUT2D eigenvalue weighted by molar-refractivity contribution is 0.875. The first-order chi connectivity index (χ1) is 10.9. The van der Waals surface area contributed by atoms with Crippen molar-refractivity contribution in [3.63, 3.8) is 0 Å². The first-order valence-electron chi connectivity index (χ1n) is 7.43. The van der Waals surface area contributed by atoms with E-state index in [0.717, 1.165) is 29.6 Å². The largest absolute Gasteiger partial charge is 0.384 e. The van der Waals surface area contributed by atoms with E-state index in [9.17, 15) is 0 Å². The minimum atomic E-state index is 0.700. The fourth-order valence-electron chi connectivity index (χ4n) is 2.33. The van der Waals surface area contributed by atoms with E-state index in [1.165, 1.54) is 9.79 Å². The molecule has 0 aliphatic rings. The summed E-state index contributed by atoms with van der Waals surface area (Å²) < 4.78 is 0. The van der Waals surface area contributed by atoms with Gasteiger partial charge in [0.1, 0.15) is 0 Å². The van der Waals surface area contributed by atoms with Gasteiger partial charge in [-0.3, -0.25) is 4.98 Å². The summed E-state index contributed by atoms with van der Waals surface area (Å²) in [5.41, 5.74) is 7.72. The molecule has 0 fully saturated rings. The average molecular weight is 309 g/mol. The highest BCUT2D eigenvalue weighted by Gasteiger charge is 2.07. The molecule has 0 spiro atoms. The van der Waals surface area contributed by atoms with Crippen molar-refractivity contribution in [3.8, 4) is 0 Å². The average Bonchev–Trinajstić information content (AvgIpc) is 2.57. The summed E-state index contributed by atoms with van der Waals surface area (Å²) in [6.07, 6.45) is 2.82. The second-order valence-electron chi connectivity index (χ2n) is 4.99. The Labute approximate surface area is 134 Å². The molecule has 1 heterocycles. The van der Waals surface area contributed by atoms with E-state index in [1.54, 1.807) is 11.8 Å². The summed E-state index contributed by atoms with van der Waals surface area (Å²) in [5, 5.41) is 4.60. The van der Waals surface area contributed by atoms with Gasteiger partial charge in [0, 0.05) is 33.6 Å². The number of nitrogens with one attached hydrogen (secondary N) is 1. The maximum Gasteiger partial charge on any atom is 0.0862 e. The Morgan fingerprint density at radius 2 is 1.86 bits per heavy atom. The minimum Gasteiger partial charge on any atom is -0.384 e. The number of fused-ring (bicyclic) bond motifs is 1. The van der Waals surface area contributed by atoms with E-state index in [4.69, 9.17) is 5.73 Å². The highest BCUT2D eigenvalue weighted by atomic mass is 32.2. The number of nitrogens with zero attached hydrogens (tertiary/aromatic N) is 1. The van der Waals surface area contributed by atoms with Crippen molar-refractivity contribution in [2.45, 2.75) is 16.2 Å². The van der Waals surface area contributed by atoms with Crippen LogP contribution in [0.15, 0.2) is 70.6 Å². The molecule has 3 aromatic rings. The van der Waals surface area contributed by atoms with Crippen LogP contribution in [0.2, 0.25) is 0 Å². The summed E-state index contributed by atoms with van der Waals surface area (Å²) in [4.78, 5) is 6.97. The van der Waals surface area contributed by atoms with Gasteiger partial charge in [0.25, 0.3) is 0 Å². The molecule has 0 unspecified atom stereocenters. The Bertz CT molecular complexity index is 744. The van der Waals surface area contributed by atoms with Crippen molar-refractivity contribution in [2.24, 2.45) is 5.73 Å².